The van der Waals surface area contributed by atoms with Crippen LogP contribution in [0.15, 0.2) is 53.4 Å². The average Bonchev–Trinajstić information content (AvgIpc) is 2.39. The lowest BCUT2D eigenvalue weighted by Crippen LogP contribution is -2.27. The van der Waals surface area contributed by atoms with E-state index in [0.717, 1.165) is 11.1 Å². The van der Waals surface area contributed by atoms with Gasteiger partial charge in [-0.1, -0.05) is 42.0 Å². The molecule has 0 heterocycles. The van der Waals surface area contributed by atoms with Crippen molar-refractivity contribution >= 4 is 15.7 Å². The maximum atomic E-state index is 12.5. The molecule has 0 aliphatic rings. The van der Waals surface area contributed by atoms with Crippen molar-refractivity contribution in [2.75, 3.05) is 12.8 Å². The first-order valence-corrected chi connectivity index (χ1v) is 7.71. The first-order valence-electron chi connectivity index (χ1n) is 6.27. The van der Waals surface area contributed by atoms with Gasteiger partial charge in [0.25, 0.3) is 0 Å². The Kier molecular flexibility index (Phi) is 4.11. The zero-order valence-electron chi connectivity index (χ0n) is 11.6. The summed E-state index contributed by atoms with van der Waals surface area (Å²) in [5.41, 5.74) is 8.08. The molecule has 0 bridgehead atoms. The number of nitrogens with two attached hydrogens (primary N) is 1. The van der Waals surface area contributed by atoms with Gasteiger partial charge in [-0.2, -0.15) is 4.31 Å². The van der Waals surface area contributed by atoms with Crippen LogP contribution in [-0.2, 0) is 16.6 Å². The van der Waals surface area contributed by atoms with Gasteiger partial charge in [0, 0.05) is 13.6 Å². The number of hydrogen-bond acceptors (Lipinski definition) is 3. The first-order chi connectivity index (χ1) is 9.41. The second kappa shape index (κ2) is 5.64. The third-order valence-electron chi connectivity index (χ3n) is 3.09. The van der Waals surface area contributed by atoms with Crippen LogP contribution in [0.3, 0.4) is 0 Å². The molecule has 0 aromatic heterocycles. The van der Waals surface area contributed by atoms with Crippen molar-refractivity contribution in [1.82, 2.24) is 4.31 Å². The quantitative estimate of drug-likeness (QED) is 0.879. The van der Waals surface area contributed by atoms with E-state index in [1.807, 2.05) is 31.2 Å². The first kappa shape index (κ1) is 14.6. The highest BCUT2D eigenvalue weighted by atomic mass is 32.2. The second-order valence-electron chi connectivity index (χ2n) is 4.79. The largest absolute Gasteiger partial charge is 0.398 e. The molecule has 2 aromatic rings. The molecule has 4 nitrogen and oxygen atoms in total. The van der Waals surface area contributed by atoms with Crippen molar-refractivity contribution < 1.29 is 8.42 Å². The Bertz CT molecular complexity index is 711. The second-order valence-corrected chi connectivity index (χ2v) is 6.80. The molecule has 0 saturated carbocycles. The van der Waals surface area contributed by atoms with E-state index in [2.05, 4.69) is 0 Å². The number of sulfonamides is 1. The molecule has 0 atom stereocenters. The van der Waals surface area contributed by atoms with E-state index < -0.39 is 10.0 Å². The summed E-state index contributed by atoms with van der Waals surface area (Å²) in [6.45, 7) is 2.30. The molecule has 2 aromatic carbocycles. The molecule has 2 N–H and O–H groups in total. The molecule has 2 rings (SSSR count). The van der Waals surface area contributed by atoms with Crippen LogP contribution < -0.4 is 5.73 Å². The van der Waals surface area contributed by atoms with Crippen LogP contribution in [0.4, 0.5) is 5.69 Å². The Morgan fingerprint density at radius 3 is 2.45 bits per heavy atom. The minimum Gasteiger partial charge on any atom is -0.398 e. The van der Waals surface area contributed by atoms with Gasteiger partial charge in [0.2, 0.25) is 10.0 Å². The van der Waals surface area contributed by atoms with Gasteiger partial charge in [-0.05, 0) is 24.6 Å². The van der Waals surface area contributed by atoms with Crippen molar-refractivity contribution in [1.29, 1.82) is 0 Å². The maximum absolute atomic E-state index is 12.5. The molecule has 0 amide bonds. The van der Waals surface area contributed by atoms with Gasteiger partial charge >= 0.3 is 0 Å². The van der Waals surface area contributed by atoms with Gasteiger partial charge in [-0.3, -0.25) is 0 Å². The van der Waals surface area contributed by atoms with Crippen LogP contribution in [0.1, 0.15) is 11.1 Å². The summed E-state index contributed by atoms with van der Waals surface area (Å²) < 4.78 is 26.3. The lowest BCUT2D eigenvalue weighted by Gasteiger charge is -2.18. The van der Waals surface area contributed by atoms with E-state index >= 15 is 0 Å². The molecule has 0 spiro atoms. The third-order valence-corrected chi connectivity index (χ3v) is 4.97. The van der Waals surface area contributed by atoms with E-state index in [1.165, 1.54) is 10.4 Å². The van der Waals surface area contributed by atoms with Crippen LogP contribution in [0.2, 0.25) is 0 Å². The zero-order chi connectivity index (χ0) is 14.8. The number of anilines is 1. The Morgan fingerprint density at radius 2 is 1.80 bits per heavy atom. The SMILES string of the molecule is Cc1cccc(CN(C)S(=O)(=O)c2ccccc2N)c1. The van der Waals surface area contributed by atoms with Crippen LogP contribution >= 0.6 is 0 Å². The topological polar surface area (TPSA) is 63.4 Å². The molecule has 20 heavy (non-hydrogen) atoms. The number of aryl methyl sites for hydroxylation is 1. The summed E-state index contributed by atoms with van der Waals surface area (Å²) in [6.07, 6.45) is 0. The standard InChI is InChI=1S/C15H18N2O2S/c1-12-6-5-7-13(10-12)11-17(2)20(18,19)15-9-4-3-8-14(15)16/h3-10H,11,16H2,1-2H3. The molecule has 106 valence electrons. The lowest BCUT2D eigenvalue weighted by molar-refractivity contribution is 0.467. The van der Waals surface area contributed by atoms with Crippen molar-refractivity contribution in [3.63, 3.8) is 0 Å². The number of para-hydroxylation sites is 1. The fourth-order valence-corrected chi connectivity index (χ4v) is 3.31. The molecule has 0 saturated heterocycles. The Balaban J connectivity index is 2.29. The average molecular weight is 290 g/mol. The zero-order valence-corrected chi connectivity index (χ0v) is 12.4. The minimum atomic E-state index is -3.57. The van der Waals surface area contributed by atoms with E-state index in [0.29, 0.717) is 6.54 Å². The van der Waals surface area contributed by atoms with Gasteiger partial charge < -0.3 is 5.73 Å². The van der Waals surface area contributed by atoms with Gasteiger partial charge in [0.1, 0.15) is 4.90 Å². The lowest BCUT2D eigenvalue weighted by atomic mass is 10.1. The Labute approximate surface area is 119 Å². The number of rotatable bonds is 4. The van der Waals surface area contributed by atoms with Crippen LogP contribution in [0.25, 0.3) is 0 Å². The van der Waals surface area contributed by atoms with E-state index in [-0.39, 0.29) is 10.6 Å². The monoisotopic (exact) mass is 290 g/mol. The molecule has 0 aliphatic carbocycles. The van der Waals surface area contributed by atoms with E-state index in [9.17, 15) is 8.42 Å². The molecule has 0 unspecified atom stereocenters. The number of hydrogen-bond donors (Lipinski definition) is 1. The Hall–Kier alpha value is -1.85. The summed E-state index contributed by atoms with van der Waals surface area (Å²) in [7, 11) is -2.01. The summed E-state index contributed by atoms with van der Waals surface area (Å²) in [5.74, 6) is 0. The van der Waals surface area contributed by atoms with Crippen molar-refractivity contribution in [3.05, 3.63) is 59.7 Å². The fourth-order valence-electron chi connectivity index (χ4n) is 2.04. The fraction of sp³-hybridized carbons (Fsp3) is 0.200. The molecular weight excluding hydrogens is 272 g/mol. The van der Waals surface area contributed by atoms with Gasteiger partial charge in [-0.25, -0.2) is 8.42 Å². The normalized spacial score (nSPS) is 11.8. The van der Waals surface area contributed by atoms with Crippen molar-refractivity contribution in [3.8, 4) is 0 Å². The predicted molar refractivity (Wildman–Crippen MR) is 80.7 cm³/mol. The van der Waals surface area contributed by atoms with Gasteiger partial charge in [-0.15, -0.1) is 0 Å². The third kappa shape index (κ3) is 3.00. The summed E-state index contributed by atoms with van der Waals surface area (Å²) in [5, 5.41) is 0. The number of benzene rings is 2. The van der Waals surface area contributed by atoms with Crippen molar-refractivity contribution in [2.24, 2.45) is 0 Å². The summed E-state index contributed by atoms with van der Waals surface area (Å²) >= 11 is 0. The predicted octanol–water partition coefficient (Wildman–Crippen LogP) is 2.40. The molecule has 5 heteroatoms. The molecule has 0 fully saturated rings. The number of nitrogens with zero attached hydrogens (tertiary/aromatic N) is 1. The van der Waals surface area contributed by atoms with Crippen LogP contribution in [0, 0.1) is 6.92 Å². The smallest absolute Gasteiger partial charge is 0.245 e. The molecule has 0 radical (unpaired) electrons. The highest BCUT2D eigenvalue weighted by molar-refractivity contribution is 7.89. The highest BCUT2D eigenvalue weighted by Crippen LogP contribution is 2.22. The van der Waals surface area contributed by atoms with Gasteiger partial charge in [0.05, 0.1) is 5.69 Å². The van der Waals surface area contributed by atoms with E-state index in [4.69, 9.17) is 5.73 Å². The molecule has 0 aliphatic heterocycles. The molecular formula is C15H18N2O2S. The summed E-state index contributed by atoms with van der Waals surface area (Å²) in [6, 6.07) is 14.3. The van der Waals surface area contributed by atoms with Crippen LogP contribution in [-0.4, -0.2) is 19.8 Å². The Morgan fingerprint density at radius 1 is 1.10 bits per heavy atom. The van der Waals surface area contributed by atoms with Crippen LogP contribution in [0.5, 0.6) is 0 Å². The van der Waals surface area contributed by atoms with Crippen molar-refractivity contribution in [2.45, 2.75) is 18.4 Å². The van der Waals surface area contributed by atoms with E-state index in [1.54, 1.807) is 25.2 Å². The maximum Gasteiger partial charge on any atom is 0.245 e. The minimum absolute atomic E-state index is 0.148. The van der Waals surface area contributed by atoms with Gasteiger partial charge in [0.15, 0.2) is 0 Å². The summed E-state index contributed by atoms with van der Waals surface area (Å²) in [4.78, 5) is 0.148. The highest BCUT2D eigenvalue weighted by Gasteiger charge is 2.22. The number of nitrogen functional groups attached to an aromatic ring is 1.